The smallest absolute Gasteiger partial charge is 0.225 e. The van der Waals surface area contributed by atoms with Crippen LogP contribution in [-0.4, -0.2) is 29.1 Å². The fourth-order valence-electron chi connectivity index (χ4n) is 1.76. The van der Waals surface area contributed by atoms with E-state index in [0.717, 1.165) is 18.2 Å². The second-order valence-electron chi connectivity index (χ2n) is 5.16. The van der Waals surface area contributed by atoms with Crippen molar-refractivity contribution in [2.75, 3.05) is 11.9 Å². The number of aromatic nitrogens is 2. The van der Waals surface area contributed by atoms with E-state index in [1.807, 2.05) is 6.20 Å². The van der Waals surface area contributed by atoms with Crippen LogP contribution in [0, 0.1) is 6.92 Å². The molecular weight excluding hydrogens is 212 g/mol. The molecule has 4 heteroatoms. The van der Waals surface area contributed by atoms with Crippen molar-refractivity contribution in [3.05, 3.63) is 17.5 Å². The van der Waals surface area contributed by atoms with Gasteiger partial charge in [-0.15, -0.1) is 0 Å². The highest BCUT2D eigenvalue weighted by Crippen LogP contribution is 2.28. The topological polar surface area (TPSA) is 41.1 Å². The molecule has 0 saturated heterocycles. The normalized spacial score (nSPS) is 15.4. The maximum Gasteiger partial charge on any atom is 0.225 e. The first-order valence-electron chi connectivity index (χ1n) is 6.36. The summed E-state index contributed by atoms with van der Waals surface area (Å²) in [6.07, 6.45) is 4.50. The van der Waals surface area contributed by atoms with E-state index in [2.05, 4.69) is 48.0 Å². The van der Waals surface area contributed by atoms with Gasteiger partial charge in [0, 0.05) is 43.1 Å². The highest BCUT2D eigenvalue weighted by molar-refractivity contribution is 5.35. The van der Waals surface area contributed by atoms with Gasteiger partial charge in [0.15, 0.2) is 0 Å². The van der Waals surface area contributed by atoms with Crippen LogP contribution >= 0.6 is 0 Å². The van der Waals surface area contributed by atoms with Gasteiger partial charge in [0.1, 0.15) is 0 Å². The molecule has 4 nitrogen and oxygen atoms in total. The molecule has 1 aliphatic rings. The Balaban J connectivity index is 2.05. The summed E-state index contributed by atoms with van der Waals surface area (Å²) in [5.74, 6) is 0.860. The zero-order chi connectivity index (χ0) is 12.4. The fraction of sp³-hybridized carbons (Fsp3) is 0.692. The van der Waals surface area contributed by atoms with Crippen molar-refractivity contribution in [1.82, 2.24) is 15.3 Å². The average Bonchev–Trinajstić information content (AvgIpc) is 3.10. The Labute approximate surface area is 103 Å². The molecule has 1 saturated carbocycles. The molecule has 94 valence electrons. The Bertz CT molecular complexity index is 385. The Morgan fingerprint density at radius 3 is 2.71 bits per heavy atom. The highest BCUT2D eigenvalue weighted by atomic mass is 15.3. The van der Waals surface area contributed by atoms with Crippen molar-refractivity contribution < 1.29 is 0 Å². The molecule has 1 aliphatic carbocycles. The van der Waals surface area contributed by atoms with Gasteiger partial charge in [-0.05, 0) is 19.8 Å². The quantitative estimate of drug-likeness (QED) is 0.844. The minimum absolute atomic E-state index is 0.489. The number of aryl methyl sites for hydroxylation is 1. The molecule has 2 rings (SSSR count). The SMILES string of the molecule is Cc1nc(N(C)C2CC2)ncc1CNC(C)C. The predicted octanol–water partition coefficient (Wildman–Crippen LogP) is 1.88. The van der Waals surface area contributed by atoms with Crippen molar-refractivity contribution >= 4 is 5.95 Å². The van der Waals surface area contributed by atoms with Crippen LogP contribution in [-0.2, 0) is 6.54 Å². The molecule has 0 amide bonds. The van der Waals surface area contributed by atoms with Gasteiger partial charge in [-0.25, -0.2) is 9.97 Å². The van der Waals surface area contributed by atoms with Gasteiger partial charge in [0.25, 0.3) is 0 Å². The fourth-order valence-corrected chi connectivity index (χ4v) is 1.76. The molecule has 1 N–H and O–H groups in total. The van der Waals surface area contributed by atoms with Crippen LogP contribution in [0.25, 0.3) is 0 Å². The summed E-state index contributed by atoms with van der Waals surface area (Å²) in [7, 11) is 2.08. The molecule has 1 aromatic heterocycles. The van der Waals surface area contributed by atoms with Crippen molar-refractivity contribution in [3.8, 4) is 0 Å². The molecular formula is C13H22N4. The lowest BCUT2D eigenvalue weighted by Gasteiger charge is -2.17. The van der Waals surface area contributed by atoms with Gasteiger partial charge >= 0.3 is 0 Å². The zero-order valence-electron chi connectivity index (χ0n) is 11.2. The van der Waals surface area contributed by atoms with Crippen LogP contribution in [0.3, 0.4) is 0 Å². The van der Waals surface area contributed by atoms with Gasteiger partial charge in [-0.1, -0.05) is 13.8 Å². The summed E-state index contributed by atoms with van der Waals surface area (Å²) in [5, 5.41) is 3.39. The Morgan fingerprint density at radius 1 is 1.47 bits per heavy atom. The highest BCUT2D eigenvalue weighted by Gasteiger charge is 2.27. The monoisotopic (exact) mass is 234 g/mol. The standard InChI is InChI=1S/C13H22N4/c1-9(2)14-7-11-8-15-13(16-10(11)3)17(4)12-5-6-12/h8-9,12,14H,5-7H2,1-4H3. The van der Waals surface area contributed by atoms with E-state index in [1.54, 1.807) is 0 Å². The summed E-state index contributed by atoms with van der Waals surface area (Å²) < 4.78 is 0. The van der Waals surface area contributed by atoms with Crippen LogP contribution in [0.15, 0.2) is 6.20 Å². The van der Waals surface area contributed by atoms with Crippen LogP contribution in [0.4, 0.5) is 5.95 Å². The summed E-state index contributed by atoms with van der Waals surface area (Å²) in [6, 6.07) is 1.15. The van der Waals surface area contributed by atoms with Gasteiger partial charge in [-0.3, -0.25) is 0 Å². The van der Waals surface area contributed by atoms with Crippen molar-refractivity contribution in [2.24, 2.45) is 0 Å². The van der Waals surface area contributed by atoms with Gasteiger partial charge in [-0.2, -0.15) is 0 Å². The Kier molecular flexibility index (Phi) is 3.62. The maximum absolute atomic E-state index is 4.59. The molecule has 1 fully saturated rings. The second kappa shape index (κ2) is 5.00. The number of hydrogen-bond donors (Lipinski definition) is 1. The molecule has 0 spiro atoms. The van der Waals surface area contributed by atoms with E-state index in [-0.39, 0.29) is 0 Å². The third-order valence-corrected chi connectivity index (χ3v) is 3.18. The van der Waals surface area contributed by atoms with Crippen LogP contribution < -0.4 is 10.2 Å². The number of rotatable bonds is 5. The third-order valence-electron chi connectivity index (χ3n) is 3.18. The number of nitrogens with one attached hydrogen (secondary N) is 1. The van der Waals surface area contributed by atoms with Crippen LogP contribution in [0.5, 0.6) is 0 Å². The van der Waals surface area contributed by atoms with E-state index < -0.39 is 0 Å². The number of nitrogens with zero attached hydrogens (tertiary/aromatic N) is 3. The summed E-state index contributed by atoms with van der Waals surface area (Å²) in [5.41, 5.74) is 2.27. The van der Waals surface area contributed by atoms with E-state index in [0.29, 0.717) is 12.1 Å². The summed E-state index contributed by atoms with van der Waals surface area (Å²) in [6.45, 7) is 7.19. The lowest BCUT2D eigenvalue weighted by Crippen LogP contribution is -2.25. The summed E-state index contributed by atoms with van der Waals surface area (Å²) >= 11 is 0. The second-order valence-corrected chi connectivity index (χ2v) is 5.16. The van der Waals surface area contributed by atoms with Crippen LogP contribution in [0.1, 0.15) is 37.9 Å². The minimum Gasteiger partial charge on any atom is -0.341 e. The molecule has 0 aromatic carbocycles. The maximum atomic E-state index is 4.59. The lowest BCUT2D eigenvalue weighted by molar-refractivity contribution is 0.584. The van der Waals surface area contributed by atoms with Gasteiger partial charge in [0.2, 0.25) is 5.95 Å². The molecule has 0 radical (unpaired) electrons. The number of anilines is 1. The predicted molar refractivity (Wildman–Crippen MR) is 70.2 cm³/mol. The molecule has 0 bridgehead atoms. The first kappa shape index (κ1) is 12.3. The van der Waals surface area contributed by atoms with E-state index in [4.69, 9.17) is 0 Å². The molecule has 0 aliphatic heterocycles. The van der Waals surface area contributed by atoms with Gasteiger partial charge in [0.05, 0.1) is 0 Å². The van der Waals surface area contributed by atoms with E-state index in [1.165, 1.54) is 18.4 Å². The zero-order valence-corrected chi connectivity index (χ0v) is 11.2. The molecule has 1 aromatic rings. The van der Waals surface area contributed by atoms with Gasteiger partial charge < -0.3 is 10.2 Å². The van der Waals surface area contributed by atoms with E-state index in [9.17, 15) is 0 Å². The molecule has 1 heterocycles. The first-order valence-corrected chi connectivity index (χ1v) is 6.36. The summed E-state index contributed by atoms with van der Waals surface area (Å²) in [4.78, 5) is 11.2. The van der Waals surface area contributed by atoms with Crippen LogP contribution in [0.2, 0.25) is 0 Å². The Morgan fingerprint density at radius 2 is 2.18 bits per heavy atom. The minimum atomic E-state index is 0.489. The lowest BCUT2D eigenvalue weighted by atomic mass is 10.2. The van der Waals surface area contributed by atoms with E-state index >= 15 is 0 Å². The Hall–Kier alpha value is -1.16. The number of hydrogen-bond acceptors (Lipinski definition) is 4. The molecule has 17 heavy (non-hydrogen) atoms. The molecule has 0 unspecified atom stereocenters. The third kappa shape index (κ3) is 3.16. The van der Waals surface area contributed by atoms with Crippen molar-refractivity contribution in [1.29, 1.82) is 0 Å². The average molecular weight is 234 g/mol. The largest absolute Gasteiger partial charge is 0.341 e. The first-order chi connectivity index (χ1) is 8.08. The van der Waals surface area contributed by atoms with Crippen molar-refractivity contribution in [2.45, 2.75) is 52.2 Å². The molecule has 0 atom stereocenters. The van der Waals surface area contributed by atoms with Crippen molar-refractivity contribution in [3.63, 3.8) is 0 Å².